The zero-order valence-electron chi connectivity index (χ0n) is 13.4. The topological polar surface area (TPSA) is 88.0 Å². The minimum absolute atomic E-state index is 0.0892. The molecule has 0 fully saturated rings. The van der Waals surface area contributed by atoms with Crippen LogP contribution in [-0.2, 0) is 0 Å². The highest BCUT2D eigenvalue weighted by Gasteiger charge is 2.24. The van der Waals surface area contributed by atoms with E-state index in [1.165, 1.54) is 12.4 Å². The molecule has 6 nitrogen and oxygen atoms in total. The maximum absolute atomic E-state index is 12.2. The Hall–Kier alpha value is -2.86. The minimum atomic E-state index is -1.09. The molecule has 124 valence electrons. The summed E-state index contributed by atoms with van der Waals surface area (Å²) in [6.45, 7) is 7.33. The Morgan fingerprint density at radius 1 is 1.17 bits per heavy atom. The van der Waals surface area contributed by atoms with E-state index in [1.54, 1.807) is 30.5 Å². The van der Waals surface area contributed by atoms with Gasteiger partial charge in [0.2, 0.25) is 0 Å². The number of carbonyl (C=O) groups is 1. The van der Waals surface area contributed by atoms with Crippen LogP contribution in [0, 0.1) is 0 Å². The number of amides is 1. The van der Waals surface area contributed by atoms with Crippen LogP contribution in [0.15, 0.2) is 62.1 Å². The van der Waals surface area contributed by atoms with Crippen molar-refractivity contribution in [2.45, 2.75) is 18.4 Å². The first-order valence-corrected chi connectivity index (χ1v) is 7.54. The van der Waals surface area contributed by atoms with E-state index in [4.69, 9.17) is 0 Å². The number of nitrogens with zero attached hydrogens (tertiary/aromatic N) is 3. The van der Waals surface area contributed by atoms with E-state index in [2.05, 4.69) is 33.4 Å². The van der Waals surface area contributed by atoms with Gasteiger partial charge in [0.05, 0.1) is 11.2 Å². The lowest BCUT2D eigenvalue weighted by Gasteiger charge is -2.25. The van der Waals surface area contributed by atoms with Gasteiger partial charge in [0.15, 0.2) is 5.82 Å². The molecule has 2 N–H and O–H groups in total. The highest BCUT2D eigenvalue weighted by Crippen LogP contribution is 2.16. The van der Waals surface area contributed by atoms with E-state index in [-0.39, 0.29) is 12.5 Å². The molecule has 0 bridgehead atoms. The summed E-state index contributed by atoms with van der Waals surface area (Å²) in [6, 6.07) is 5.44. The van der Waals surface area contributed by atoms with Gasteiger partial charge in [0.1, 0.15) is 5.69 Å². The van der Waals surface area contributed by atoms with E-state index in [0.29, 0.717) is 29.9 Å². The Morgan fingerprint density at radius 3 is 2.38 bits per heavy atom. The fourth-order valence-electron chi connectivity index (χ4n) is 2.18. The molecule has 0 aliphatic carbocycles. The summed E-state index contributed by atoms with van der Waals surface area (Å²) in [6.07, 6.45) is 8.46. The first kappa shape index (κ1) is 17.5. The van der Waals surface area contributed by atoms with Gasteiger partial charge in [0, 0.05) is 25.1 Å². The Balaban J connectivity index is 2.02. The first-order valence-electron chi connectivity index (χ1n) is 7.54. The van der Waals surface area contributed by atoms with Crippen molar-refractivity contribution < 1.29 is 9.90 Å². The predicted molar refractivity (Wildman–Crippen MR) is 92.2 cm³/mol. The molecule has 0 saturated heterocycles. The van der Waals surface area contributed by atoms with Crippen molar-refractivity contribution in [3.05, 3.63) is 67.7 Å². The number of aromatic nitrogens is 3. The molecule has 0 aromatic carbocycles. The Kier molecular flexibility index (Phi) is 5.92. The van der Waals surface area contributed by atoms with E-state index < -0.39 is 5.60 Å². The quantitative estimate of drug-likeness (QED) is 0.726. The van der Waals surface area contributed by atoms with E-state index in [0.717, 1.165) is 0 Å². The van der Waals surface area contributed by atoms with Crippen LogP contribution in [0.5, 0.6) is 0 Å². The number of hydrogen-bond donors (Lipinski definition) is 2. The zero-order valence-corrected chi connectivity index (χ0v) is 13.4. The summed E-state index contributed by atoms with van der Waals surface area (Å²) in [5.74, 6) is 0.0936. The second kappa shape index (κ2) is 8.12. The van der Waals surface area contributed by atoms with Crippen LogP contribution < -0.4 is 5.32 Å². The maximum atomic E-state index is 12.2. The molecule has 2 aromatic heterocycles. The molecule has 0 unspecified atom stereocenters. The van der Waals surface area contributed by atoms with Gasteiger partial charge in [-0.3, -0.25) is 9.78 Å². The van der Waals surface area contributed by atoms with Gasteiger partial charge < -0.3 is 10.4 Å². The van der Waals surface area contributed by atoms with Crippen molar-refractivity contribution in [1.29, 1.82) is 0 Å². The Bertz CT molecular complexity index is 689. The van der Waals surface area contributed by atoms with Crippen LogP contribution in [0.1, 0.15) is 23.2 Å². The average Bonchev–Trinajstić information content (AvgIpc) is 2.61. The standard InChI is InChI=1S/C18H20N4O2/c1-3-8-18(24,9-4-2)13-22-17(23)14-11-20-16(21-12-14)15-7-5-6-10-19-15/h3-7,10-12,24H,1-2,8-9,13H2,(H,22,23). The van der Waals surface area contributed by atoms with Crippen LogP contribution in [0.4, 0.5) is 0 Å². The molecule has 2 aromatic rings. The molecule has 0 aliphatic rings. The number of aliphatic hydroxyl groups is 1. The van der Waals surface area contributed by atoms with Crippen LogP contribution >= 0.6 is 0 Å². The van der Waals surface area contributed by atoms with Gasteiger partial charge in [-0.15, -0.1) is 13.2 Å². The van der Waals surface area contributed by atoms with Gasteiger partial charge >= 0.3 is 0 Å². The van der Waals surface area contributed by atoms with Crippen molar-refractivity contribution in [2.24, 2.45) is 0 Å². The van der Waals surface area contributed by atoms with Crippen molar-refractivity contribution in [1.82, 2.24) is 20.3 Å². The largest absolute Gasteiger partial charge is 0.387 e. The van der Waals surface area contributed by atoms with E-state index in [1.807, 2.05) is 6.07 Å². The summed E-state index contributed by atoms with van der Waals surface area (Å²) in [4.78, 5) is 24.6. The van der Waals surface area contributed by atoms with Gasteiger partial charge in [-0.05, 0) is 25.0 Å². The van der Waals surface area contributed by atoms with Gasteiger partial charge in [-0.2, -0.15) is 0 Å². The molecule has 0 saturated carbocycles. The SMILES string of the molecule is C=CCC(O)(CC=C)CNC(=O)c1cnc(-c2ccccn2)nc1. The van der Waals surface area contributed by atoms with Crippen molar-refractivity contribution >= 4 is 5.91 Å². The molecule has 1 amide bonds. The van der Waals surface area contributed by atoms with Crippen molar-refractivity contribution in [2.75, 3.05) is 6.54 Å². The van der Waals surface area contributed by atoms with E-state index in [9.17, 15) is 9.90 Å². The second-order valence-electron chi connectivity index (χ2n) is 5.40. The van der Waals surface area contributed by atoms with Crippen molar-refractivity contribution in [3.63, 3.8) is 0 Å². The molecule has 24 heavy (non-hydrogen) atoms. The third-order valence-corrected chi connectivity index (χ3v) is 3.43. The summed E-state index contributed by atoms with van der Waals surface area (Å²) in [5, 5.41) is 13.1. The smallest absolute Gasteiger partial charge is 0.254 e. The van der Waals surface area contributed by atoms with Crippen LogP contribution in [0.2, 0.25) is 0 Å². The predicted octanol–water partition coefficient (Wildman–Crippen LogP) is 2.15. The van der Waals surface area contributed by atoms with Crippen LogP contribution in [-0.4, -0.2) is 38.1 Å². The summed E-state index contributed by atoms with van der Waals surface area (Å²) >= 11 is 0. The van der Waals surface area contributed by atoms with Gasteiger partial charge in [-0.1, -0.05) is 18.2 Å². The fraction of sp³-hybridized carbons (Fsp3) is 0.222. The van der Waals surface area contributed by atoms with E-state index >= 15 is 0 Å². The molecule has 0 atom stereocenters. The lowest BCUT2D eigenvalue weighted by Crippen LogP contribution is -2.42. The highest BCUT2D eigenvalue weighted by molar-refractivity contribution is 5.93. The molecule has 0 aliphatic heterocycles. The van der Waals surface area contributed by atoms with Gasteiger partial charge in [-0.25, -0.2) is 9.97 Å². The Labute approximate surface area is 141 Å². The fourth-order valence-corrected chi connectivity index (χ4v) is 2.18. The summed E-state index contributed by atoms with van der Waals surface area (Å²) in [5.41, 5.74) is -0.140. The van der Waals surface area contributed by atoms with Crippen LogP contribution in [0.3, 0.4) is 0 Å². The maximum Gasteiger partial charge on any atom is 0.254 e. The molecule has 2 heterocycles. The number of rotatable bonds is 8. The molecule has 0 spiro atoms. The number of carbonyl (C=O) groups excluding carboxylic acids is 1. The number of pyridine rings is 1. The summed E-state index contributed by atoms with van der Waals surface area (Å²) in [7, 11) is 0. The molecule has 2 rings (SSSR count). The molecule has 6 heteroatoms. The molecular weight excluding hydrogens is 304 g/mol. The van der Waals surface area contributed by atoms with Gasteiger partial charge in [0.25, 0.3) is 5.91 Å². The monoisotopic (exact) mass is 324 g/mol. The number of nitrogens with one attached hydrogen (secondary N) is 1. The van der Waals surface area contributed by atoms with Crippen molar-refractivity contribution in [3.8, 4) is 11.5 Å². The molecular formula is C18H20N4O2. The third kappa shape index (κ3) is 4.57. The normalized spacial score (nSPS) is 10.9. The number of hydrogen-bond acceptors (Lipinski definition) is 5. The lowest BCUT2D eigenvalue weighted by atomic mass is 9.95. The second-order valence-corrected chi connectivity index (χ2v) is 5.40. The average molecular weight is 324 g/mol. The lowest BCUT2D eigenvalue weighted by molar-refractivity contribution is 0.0437. The minimum Gasteiger partial charge on any atom is -0.387 e. The third-order valence-electron chi connectivity index (χ3n) is 3.43. The van der Waals surface area contributed by atoms with Crippen LogP contribution in [0.25, 0.3) is 11.5 Å². The Morgan fingerprint density at radius 2 is 1.83 bits per heavy atom. The summed E-state index contributed by atoms with van der Waals surface area (Å²) < 4.78 is 0. The zero-order chi connectivity index (χ0) is 17.4. The highest BCUT2D eigenvalue weighted by atomic mass is 16.3. The molecule has 0 radical (unpaired) electrons. The first-order chi connectivity index (χ1) is 11.6.